The molecule has 2 nitrogen and oxygen atoms in total. The topological polar surface area (TPSA) is 29.1 Å². The molecule has 1 aromatic carbocycles. The summed E-state index contributed by atoms with van der Waals surface area (Å²) in [5.74, 6) is -0.0125. The standard InChI is InChI=1S/C12H15NO/c1-9(2)12-7-5-4-6-11(12)8-13-10(3)14/h4-7H,1,8H2,2-3H3,(H,13,14). The minimum Gasteiger partial charge on any atom is -0.352 e. The summed E-state index contributed by atoms with van der Waals surface area (Å²) in [5.41, 5.74) is 3.24. The summed E-state index contributed by atoms with van der Waals surface area (Å²) in [4.78, 5) is 10.8. The Morgan fingerprint density at radius 1 is 1.36 bits per heavy atom. The van der Waals surface area contributed by atoms with Crippen molar-refractivity contribution in [2.24, 2.45) is 0 Å². The van der Waals surface area contributed by atoms with Crippen molar-refractivity contribution < 1.29 is 4.79 Å². The maximum atomic E-state index is 10.8. The van der Waals surface area contributed by atoms with Crippen molar-refractivity contribution in [1.29, 1.82) is 0 Å². The molecular formula is C12H15NO. The van der Waals surface area contributed by atoms with Gasteiger partial charge in [0.15, 0.2) is 0 Å². The van der Waals surface area contributed by atoms with E-state index in [0.717, 1.165) is 16.7 Å². The maximum absolute atomic E-state index is 10.8. The van der Waals surface area contributed by atoms with Crippen LogP contribution in [0.5, 0.6) is 0 Å². The molecule has 1 rings (SSSR count). The molecule has 0 aliphatic carbocycles. The first-order chi connectivity index (χ1) is 6.61. The van der Waals surface area contributed by atoms with Gasteiger partial charge < -0.3 is 5.32 Å². The third-order valence-corrected chi connectivity index (χ3v) is 2.00. The van der Waals surface area contributed by atoms with E-state index in [1.807, 2.05) is 31.2 Å². The molecule has 1 N–H and O–H groups in total. The summed E-state index contributed by atoms with van der Waals surface area (Å²) in [6.45, 7) is 7.95. The molecule has 1 aromatic rings. The number of nitrogens with one attached hydrogen (secondary N) is 1. The van der Waals surface area contributed by atoms with Crippen LogP contribution in [0.2, 0.25) is 0 Å². The smallest absolute Gasteiger partial charge is 0.217 e. The van der Waals surface area contributed by atoms with Crippen LogP contribution in [0.1, 0.15) is 25.0 Å². The fraction of sp³-hybridized carbons (Fsp3) is 0.250. The maximum Gasteiger partial charge on any atom is 0.217 e. The number of benzene rings is 1. The lowest BCUT2D eigenvalue weighted by Crippen LogP contribution is -2.19. The van der Waals surface area contributed by atoms with E-state index in [2.05, 4.69) is 11.9 Å². The number of carbonyl (C=O) groups excluding carboxylic acids is 1. The lowest BCUT2D eigenvalue weighted by Gasteiger charge is -2.08. The van der Waals surface area contributed by atoms with E-state index < -0.39 is 0 Å². The predicted octanol–water partition coefficient (Wildman–Crippen LogP) is 2.36. The van der Waals surface area contributed by atoms with Crippen LogP contribution in [0.4, 0.5) is 0 Å². The number of carbonyl (C=O) groups is 1. The first-order valence-corrected chi connectivity index (χ1v) is 4.59. The van der Waals surface area contributed by atoms with Crippen molar-refractivity contribution in [1.82, 2.24) is 5.32 Å². The Hall–Kier alpha value is -1.57. The number of hydrogen-bond acceptors (Lipinski definition) is 1. The molecule has 0 aliphatic rings. The minimum absolute atomic E-state index is 0.0125. The van der Waals surface area contributed by atoms with Crippen molar-refractivity contribution in [3.8, 4) is 0 Å². The highest BCUT2D eigenvalue weighted by Gasteiger charge is 2.01. The molecule has 0 unspecified atom stereocenters. The summed E-state index contributed by atoms with van der Waals surface area (Å²) in [7, 11) is 0. The van der Waals surface area contributed by atoms with E-state index in [4.69, 9.17) is 0 Å². The molecule has 0 saturated heterocycles. The van der Waals surface area contributed by atoms with Crippen molar-refractivity contribution in [2.45, 2.75) is 20.4 Å². The Morgan fingerprint density at radius 3 is 2.57 bits per heavy atom. The summed E-state index contributed by atoms with van der Waals surface area (Å²) in [5, 5.41) is 2.78. The quantitative estimate of drug-likeness (QED) is 0.777. The average Bonchev–Trinajstić information content (AvgIpc) is 2.15. The summed E-state index contributed by atoms with van der Waals surface area (Å²) >= 11 is 0. The molecule has 0 atom stereocenters. The van der Waals surface area contributed by atoms with E-state index >= 15 is 0 Å². The SMILES string of the molecule is C=C(C)c1ccccc1CNC(C)=O. The van der Waals surface area contributed by atoms with Gasteiger partial charge in [-0.25, -0.2) is 0 Å². The number of rotatable bonds is 3. The van der Waals surface area contributed by atoms with Crippen LogP contribution < -0.4 is 5.32 Å². The van der Waals surface area contributed by atoms with Gasteiger partial charge in [-0.2, -0.15) is 0 Å². The van der Waals surface area contributed by atoms with Crippen molar-refractivity contribution in [2.75, 3.05) is 0 Å². The largest absolute Gasteiger partial charge is 0.352 e. The molecule has 0 radical (unpaired) electrons. The number of amides is 1. The lowest BCUT2D eigenvalue weighted by atomic mass is 10.0. The molecule has 14 heavy (non-hydrogen) atoms. The first-order valence-electron chi connectivity index (χ1n) is 4.59. The van der Waals surface area contributed by atoms with Crippen molar-refractivity contribution in [3.63, 3.8) is 0 Å². The molecule has 0 spiro atoms. The normalized spacial score (nSPS) is 9.57. The van der Waals surface area contributed by atoms with Gasteiger partial charge in [-0.3, -0.25) is 4.79 Å². The van der Waals surface area contributed by atoms with Crippen LogP contribution in [0.15, 0.2) is 30.8 Å². The first kappa shape index (κ1) is 10.5. The van der Waals surface area contributed by atoms with Crippen LogP contribution in [0, 0.1) is 0 Å². The van der Waals surface area contributed by atoms with E-state index in [-0.39, 0.29) is 5.91 Å². The zero-order valence-electron chi connectivity index (χ0n) is 8.63. The monoisotopic (exact) mass is 189 g/mol. The molecular weight excluding hydrogens is 174 g/mol. The molecule has 0 bridgehead atoms. The third-order valence-electron chi connectivity index (χ3n) is 2.00. The highest BCUT2D eigenvalue weighted by atomic mass is 16.1. The molecule has 0 aliphatic heterocycles. The van der Waals surface area contributed by atoms with Crippen LogP contribution in [0.3, 0.4) is 0 Å². The van der Waals surface area contributed by atoms with Crippen LogP contribution in [-0.2, 0) is 11.3 Å². The Morgan fingerprint density at radius 2 is 2.00 bits per heavy atom. The van der Waals surface area contributed by atoms with Crippen molar-refractivity contribution in [3.05, 3.63) is 42.0 Å². The average molecular weight is 189 g/mol. The fourth-order valence-electron chi connectivity index (χ4n) is 1.31. The summed E-state index contributed by atoms with van der Waals surface area (Å²) < 4.78 is 0. The second kappa shape index (κ2) is 4.61. The van der Waals surface area contributed by atoms with Crippen LogP contribution in [0.25, 0.3) is 5.57 Å². The number of hydrogen-bond donors (Lipinski definition) is 1. The Labute approximate surface area is 84.6 Å². The molecule has 1 amide bonds. The second-order valence-corrected chi connectivity index (χ2v) is 3.35. The predicted molar refractivity (Wildman–Crippen MR) is 58.7 cm³/mol. The minimum atomic E-state index is -0.0125. The Kier molecular flexibility index (Phi) is 3.46. The Balaban J connectivity index is 2.84. The molecule has 2 heteroatoms. The van der Waals surface area contributed by atoms with Gasteiger partial charge >= 0.3 is 0 Å². The van der Waals surface area contributed by atoms with Gasteiger partial charge in [-0.05, 0) is 18.1 Å². The zero-order chi connectivity index (χ0) is 10.6. The van der Waals surface area contributed by atoms with E-state index in [1.165, 1.54) is 6.92 Å². The van der Waals surface area contributed by atoms with Gasteiger partial charge in [0.05, 0.1) is 0 Å². The van der Waals surface area contributed by atoms with E-state index in [1.54, 1.807) is 0 Å². The van der Waals surface area contributed by atoms with Gasteiger partial charge in [0.25, 0.3) is 0 Å². The zero-order valence-corrected chi connectivity index (χ0v) is 8.63. The number of allylic oxidation sites excluding steroid dienone is 1. The summed E-state index contributed by atoms with van der Waals surface area (Å²) in [6.07, 6.45) is 0. The molecule has 0 saturated carbocycles. The van der Waals surface area contributed by atoms with Gasteiger partial charge in [-0.15, -0.1) is 0 Å². The summed E-state index contributed by atoms with van der Waals surface area (Å²) in [6, 6.07) is 7.95. The second-order valence-electron chi connectivity index (χ2n) is 3.35. The van der Waals surface area contributed by atoms with Crippen LogP contribution in [-0.4, -0.2) is 5.91 Å². The Bertz CT molecular complexity index is 355. The van der Waals surface area contributed by atoms with Crippen molar-refractivity contribution >= 4 is 11.5 Å². The van der Waals surface area contributed by atoms with Gasteiger partial charge in [-0.1, -0.05) is 36.4 Å². The van der Waals surface area contributed by atoms with Gasteiger partial charge in [0, 0.05) is 13.5 Å². The van der Waals surface area contributed by atoms with E-state index in [9.17, 15) is 4.79 Å². The molecule has 0 fully saturated rings. The molecule has 0 aromatic heterocycles. The molecule has 0 heterocycles. The highest BCUT2D eigenvalue weighted by Crippen LogP contribution is 2.16. The van der Waals surface area contributed by atoms with Gasteiger partial charge in [0.1, 0.15) is 0 Å². The fourth-order valence-corrected chi connectivity index (χ4v) is 1.31. The molecule has 74 valence electrons. The van der Waals surface area contributed by atoms with Gasteiger partial charge in [0.2, 0.25) is 5.91 Å². The lowest BCUT2D eigenvalue weighted by molar-refractivity contribution is -0.119. The van der Waals surface area contributed by atoms with E-state index in [0.29, 0.717) is 6.54 Å². The van der Waals surface area contributed by atoms with Crippen LogP contribution >= 0.6 is 0 Å². The highest BCUT2D eigenvalue weighted by molar-refractivity contribution is 5.73. The third kappa shape index (κ3) is 2.73.